The Morgan fingerprint density at radius 2 is 1.89 bits per heavy atom. The number of thiocarbonyl (C=S) groups is 1. The fourth-order valence-corrected chi connectivity index (χ4v) is 1.65. The summed E-state index contributed by atoms with van der Waals surface area (Å²) in [4.78, 5) is 24.7. The van der Waals surface area contributed by atoms with E-state index >= 15 is 0 Å². The van der Waals surface area contributed by atoms with E-state index in [-0.39, 0.29) is 16.5 Å². The predicted molar refractivity (Wildman–Crippen MR) is 67.9 cm³/mol. The second-order valence-electron chi connectivity index (χ2n) is 3.73. The Hall–Kier alpha value is -2.08. The predicted octanol–water partition coefficient (Wildman–Crippen LogP) is 1.08. The van der Waals surface area contributed by atoms with E-state index in [1.807, 2.05) is 0 Å². The maximum Gasteiger partial charge on any atom is 0.265 e. The fourth-order valence-electron chi connectivity index (χ4n) is 1.47. The Kier molecular flexibility index (Phi) is 3.20. The van der Waals surface area contributed by atoms with Crippen LogP contribution in [0, 0.1) is 5.82 Å². The summed E-state index contributed by atoms with van der Waals surface area (Å²) in [6.07, 6.45) is 1.40. The van der Waals surface area contributed by atoms with Gasteiger partial charge in [-0.15, -0.1) is 0 Å². The van der Waals surface area contributed by atoms with Crippen LogP contribution in [0.15, 0.2) is 29.8 Å². The third kappa shape index (κ3) is 2.28. The molecular weight excluding hydrogens is 255 g/mol. The van der Waals surface area contributed by atoms with Crippen molar-refractivity contribution in [2.75, 3.05) is 7.05 Å². The zero-order valence-corrected chi connectivity index (χ0v) is 10.3. The molecule has 0 bridgehead atoms. The number of rotatable bonds is 1. The van der Waals surface area contributed by atoms with Crippen molar-refractivity contribution < 1.29 is 14.0 Å². The van der Waals surface area contributed by atoms with Gasteiger partial charge < -0.3 is 0 Å². The van der Waals surface area contributed by atoms with Crippen LogP contribution in [0.1, 0.15) is 5.56 Å². The molecule has 0 spiro atoms. The highest BCUT2D eigenvalue weighted by molar-refractivity contribution is 7.80. The highest BCUT2D eigenvalue weighted by Crippen LogP contribution is 2.13. The summed E-state index contributed by atoms with van der Waals surface area (Å²) in [6.45, 7) is 0. The Morgan fingerprint density at radius 1 is 1.28 bits per heavy atom. The van der Waals surface area contributed by atoms with Crippen LogP contribution in [-0.4, -0.2) is 28.9 Å². The standard InChI is InChI=1S/C12H9FN2O2S/c1-15-11(17)9(10(16)14-12(15)18)6-7-2-4-8(13)5-3-7/h2-6H,1H3,(H,14,16,18)/b9-6+. The molecule has 0 aromatic heterocycles. The van der Waals surface area contributed by atoms with Gasteiger partial charge >= 0.3 is 0 Å². The minimum Gasteiger partial charge on any atom is -0.298 e. The number of likely N-dealkylation sites (N-methyl/N-ethyl adjacent to an activating group) is 1. The highest BCUT2D eigenvalue weighted by Gasteiger charge is 2.30. The van der Waals surface area contributed by atoms with Gasteiger partial charge in [0, 0.05) is 7.05 Å². The molecule has 2 amide bonds. The van der Waals surface area contributed by atoms with Crippen LogP contribution < -0.4 is 5.32 Å². The third-order valence-corrected chi connectivity index (χ3v) is 2.86. The summed E-state index contributed by atoms with van der Waals surface area (Å²) in [7, 11) is 1.47. The Balaban J connectivity index is 2.37. The molecule has 1 aliphatic heterocycles. The van der Waals surface area contributed by atoms with E-state index in [1.54, 1.807) is 0 Å². The highest BCUT2D eigenvalue weighted by atomic mass is 32.1. The van der Waals surface area contributed by atoms with E-state index in [0.717, 1.165) is 0 Å². The van der Waals surface area contributed by atoms with Gasteiger partial charge in [0.25, 0.3) is 11.8 Å². The maximum absolute atomic E-state index is 12.7. The first-order valence-corrected chi connectivity index (χ1v) is 5.50. The first-order valence-electron chi connectivity index (χ1n) is 5.09. The molecule has 1 aliphatic rings. The zero-order chi connectivity index (χ0) is 13.3. The lowest BCUT2D eigenvalue weighted by Crippen LogP contribution is -2.52. The van der Waals surface area contributed by atoms with Crippen LogP contribution in [0.2, 0.25) is 0 Å². The largest absolute Gasteiger partial charge is 0.298 e. The van der Waals surface area contributed by atoms with Crippen molar-refractivity contribution in [3.63, 3.8) is 0 Å². The number of nitrogens with one attached hydrogen (secondary N) is 1. The average molecular weight is 264 g/mol. The molecule has 0 atom stereocenters. The smallest absolute Gasteiger partial charge is 0.265 e. The molecule has 1 fully saturated rings. The molecule has 18 heavy (non-hydrogen) atoms. The Labute approximate surface area is 108 Å². The van der Waals surface area contributed by atoms with Crippen LogP contribution in [0.5, 0.6) is 0 Å². The number of hydrogen-bond acceptors (Lipinski definition) is 3. The number of amides is 2. The average Bonchev–Trinajstić information content (AvgIpc) is 2.34. The molecule has 1 N–H and O–H groups in total. The second kappa shape index (κ2) is 4.66. The Morgan fingerprint density at radius 3 is 2.50 bits per heavy atom. The molecule has 2 rings (SSSR count). The maximum atomic E-state index is 12.7. The molecule has 1 aromatic rings. The number of carbonyl (C=O) groups is 2. The molecule has 92 valence electrons. The van der Waals surface area contributed by atoms with Crippen LogP contribution in [0.3, 0.4) is 0 Å². The third-order valence-electron chi connectivity index (χ3n) is 2.49. The molecule has 1 heterocycles. The van der Waals surface area contributed by atoms with Gasteiger partial charge in [-0.2, -0.15) is 0 Å². The summed E-state index contributed by atoms with van der Waals surface area (Å²) in [5.41, 5.74) is 0.536. The summed E-state index contributed by atoms with van der Waals surface area (Å²) in [5, 5.41) is 2.47. The Bertz CT molecular complexity index is 566. The van der Waals surface area contributed by atoms with Gasteiger partial charge in [-0.05, 0) is 36.0 Å². The van der Waals surface area contributed by atoms with Gasteiger partial charge in [0.1, 0.15) is 11.4 Å². The van der Waals surface area contributed by atoms with Crippen LogP contribution >= 0.6 is 12.2 Å². The van der Waals surface area contributed by atoms with Crippen LogP contribution in [0.25, 0.3) is 6.08 Å². The zero-order valence-electron chi connectivity index (χ0n) is 9.44. The lowest BCUT2D eigenvalue weighted by Gasteiger charge is -2.24. The lowest BCUT2D eigenvalue weighted by atomic mass is 10.1. The van der Waals surface area contributed by atoms with Gasteiger partial charge in [0.15, 0.2) is 5.11 Å². The fraction of sp³-hybridized carbons (Fsp3) is 0.0833. The monoisotopic (exact) mass is 264 g/mol. The van der Waals surface area contributed by atoms with E-state index in [1.165, 1.54) is 42.3 Å². The number of carbonyl (C=O) groups excluding carboxylic acids is 2. The van der Waals surface area contributed by atoms with Crippen LogP contribution in [0.4, 0.5) is 4.39 Å². The quantitative estimate of drug-likeness (QED) is 0.469. The van der Waals surface area contributed by atoms with Crippen molar-refractivity contribution in [1.29, 1.82) is 0 Å². The number of hydrogen-bond donors (Lipinski definition) is 1. The summed E-state index contributed by atoms with van der Waals surface area (Å²) in [6, 6.07) is 5.48. The molecule has 1 saturated heterocycles. The van der Waals surface area contributed by atoms with Crippen molar-refractivity contribution in [3.05, 3.63) is 41.2 Å². The summed E-state index contributed by atoms with van der Waals surface area (Å²) >= 11 is 4.81. The van der Waals surface area contributed by atoms with Crippen molar-refractivity contribution in [2.24, 2.45) is 0 Å². The van der Waals surface area contributed by atoms with Crippen molar-refractivity contribution >= 4 is 35.2 Å². The van der Waals surface area contributed by atoms with Gasteiger partial charge in [-0.3, -0.25) is 19.8 Å². The molecule has 0 radical (unpaired) electrons. The van der Waals surface area contributed by atoms with Crippen molar-refractivity contribution in [2.45, 2.75) is 0 Å². The molecule has 0 saturated carbocycles. The number of halogens is 1. The van der Waals surface area contributed by atoms with E-state index in [9.17, 15) is 14.0 Å². The summed E-state index contributed by atoms with van der Waals surface area (Å²) in [5.74, 6) is -1.41. The first kappa shape index (κ1) is 12.4. The molecule has 0 aliphatic carbocycles. The van der Waals surface area contributed by atoms with Crippen molar-refractivity contribution in [1.82, 2.24) is 10.2 Å². The van der Waals surface area contributed by atoms with Gasteiger partial charge in [-0.25, -0.2) is 4.39 Å². The second-order valence-corrected chi connectivity index (χ2v) is 4.12. The molecular formula is C12H9FN2O2S. The van der Waals surface area contributed by atoms with Gasteiger partial charge in [0.05, 0.1) is 0 Å². The van der Waals surface area contributed by atoms with Gasteiger partial charge in [0.2, 0.25) is 0 Å². The minimum absolute atomic E-state index is 0.0299. The SMILES string of the molecule is CN1C(=O)/C(=C/c2ccc(F)cc2)C(=O)NC1=S. The van der Waals surface area contributed by atoms with Crippen LogP contribution in [-0.2, 0) is 9.59 Å². The normalized spacial score (nSPS) is 18.2. The first-order chi connectivity index (χ1) is 8.49. The summed E-state index contributed by atoms with van der Waals surface area (Å²) < 4.78 is 12.7. The molecule has 0 unspecified atom stereocenters. The topological polar surface area (TPSA) is 49.4 Å². The van der Waals surface area contributed by atoms with Crippen molar-refractivity contribution in [3.8, 4) is 0 Å². The van der Waals surface area contributed by atoms with E-state index in [2.05, 4.69) is 5.32 Å². The molecule has 4 nitrogen and oxygen atoms in total. The molecule has 6 heteroatoms. The van der Waals surface area contributed by atoms with E-state index in [0.29, 0.717) is 5.56 Å². The van der Waals surface area contributed by atoms with E-state index < -0.39 is 11.8 Å². The lowest BCUT2D eigenvalue weighted by molar-refractivity contribution is -0.128. The number of nitrogens with zero attached hydrogens (tertiary/aromatic N) is 1. The van der Waals surface area contributed by atoms with Gasteiger partial charge in [-0.1, -0.05) is 12.1 Å². The minimum atomic E-state index is -0.549. The van der Waals surface area contributed by atoms with E-state index in [4.69, 9.17) is 12.2 Å². The number of benzene rings is 1. The molecule has 1 aromatic carbocycles.